The van der Waals surface area contributed by atoms with Crippen LogP contribution in [0.1, 0.15) is 12.8 Å². The third kappa shape index (κ3) is 2.82. The van der Waals surface area contributed by atoms with Crippen LogP contribution >= 0.6 is 0 Å². The van der Waals surface area contributed by atoms with E-state index in [1.54, 1.807) is 0 Å². The number of carboxylic acids is 1. The molecule has 0 spiro atoms. The number of nitrogens with zero attached hydrogens (tertiary/aromatic N) is 2. The maximum absolute atomic E-state index is 12.6. The van der Waals surface area contributed by atoms with Gasteiger partial charge in [-0.25, -0.2) is 5.01 Å². The number of carbonyl (C=O) groups is 2. The molecule has 3 aliphatic carbocycles. The lowest BCUT2D eigenvalue weighted by atomic mass is 9.62. The molecule has 0 aromatic rings. The Morgan fingerprint density at radius 2 is 1.62 bits per heavy atom. The molecule has 6 nitrogen and oxygen atoms in total. The molecule has 1 heterocycles. The molecule has 1 saturated carbocycles. The van der Waals surface area contributed by atoms with Gasteiger partial charge in [-0.2, -0.15) is 0 Å². The van der Waals surface area contributed by atoms with E-state index in [0.717, 1.165) is 39.0 Å². The average molecular weight is 293 g/mol. The molecule has 4 unspecified atom stereocenters. The normalized spacial score (nSPS) is 36.6. The van der Waals surface area contributed by atoms with Gasteiger partial charge in [-0.05, 0) is 31.7 Å². The lowest BCUT2D eigenvalue weighted by Gasteiger charge is -2.43. The molecule has 0 aromatic heterocycles. The molecule has 2 fully saturated rings. The number of nitrogens with one attached hydrogen (secondary N) is 1. The van der Waals surface area contributed by atoms with Gasteiger partial charge in [0.25, 0.3) is 0 Å². The van der Waals surface area contributed by atoms with Crippen molar-refractivity contribution in [3.8, 4) is 0 Å². The van der Waals surface area contributed by atoms with Crippen molar-refractivity contribution in [1.82, 2.24) is 15.3 Å². The Morgan fingerprint density at radius 3 is 2.14 bits per heavy atom. The first-order valence-corrected chi connectivity index (χ1v) is 7.71. The summed E-state index contributed by atoms with van der Waals surface area (Å²) in [5.41, 5.74) is 2.95. The Kier molecular flexibility index (Phi) is 3.99. The number of piperazine rings is 1. The van der Waals surface area contributed by atoms with E-state index in [9.17, 15) is 14.7 Å². The number of allylic oxidation sites excluding steroid dienone is 2. The number of rotatable bonds is 3. The van der Waals surface area contributed by atoms with Gasteiger partial charge in [0.1, 0.15) is 0 Å². The van der Waals surface area contributed by atoms with E-state index in [0.29, 0.717) is 0 Å². The molecule has 21 heavy (non-hydrogen) atoms. The predicted molar refractivity (Wildman–Crippen MR) is 77.2 cm³/mol. The van der Waals surface area contributed by atoms with Crippen LogP contribution in [0, 0.1) is 23.7 Å². The number of carboxylic acid groups (broad SMARTS) is 1. The second-order valence-corrected chi connectivity index (χ2v) is 6.45. The molecule has 0 aromatic carbocycles. The molecule has 4 atom stereocenters. The number of amides is 1. The van der Waals surface area contributed by atoms with Gasteiger partial charge >= 0.3 is 5.97 Å². The Morgan fingerprint density at radius 1 is 1.05 bits per heavy atom. The van der Waals surface area contributed by atoms with E-state index >= 15 is 0 Å². The Hall–Kier alpha value is -1.40. The van der Waals surface area contributed by atoms with Gasteiger partial charge in [-0.3, -0.25) is 15.0 Å². The Balaban J connectivity index is 1.68. The van der Waals surface area contributed by atoms with E-state index < -0.39 is 17.8 Å². The summed E-state index contributed by atoms with van der Waals surface area (Å²) in [4.78, 5) is 26.4. The summed E-state index contributed by atoms with van der Waals surface area (Å²) in [5, 5.41) is 11.4. The van der Waals surface area contributed by atoms with Crippen LogP contribution in [0.2, 0.25) is 0 Å². The molecule has 2 N–H and O–H groups in total. The van der Waals surface area contributed by atoms with E-state index in [1.807, 2.05) is 17.2 Å². The van der Waals surface area contributed by atoms with Gasteiger partial charge < -0.3 is 10.0 Å². The summed E-state index contributed by atoms with van der Waals surface area (Å²) in [7, 11) is 2.06. The third-order valence-electron chi connectivity index (χ3n) is 5.11. The highest BCUT2D eigenvalue weighted by Crippen LogP contribution is 2.45. The highest BCUT2D eigenvalue weighted by molar-refractivity contribution is 5.86. The minimum atomic E-state index is -0.840. The van der Waals surface area contributed by atoms with Crippen molar-refractivity contribution in [2.24, 2.45) is 23.7 Å². The number of carbonyl (C=O) groups excluding carboxylic acids is 1. The molecule has 1 amide bonds. The number of likely N-dealkylation sites (N-methyl/N-ethyl adjacent to an activating group) is 1. The average Bonchev–Trinajstić information content (AvgIpc) is 2.49. The van der Waals surface area contributed by atoms with Crippen LogP contribution in [0.25, 0.3) is 0 Å². The summed E-state index contributed by atoms with van der Waals surface area (Å²) >= 11 is 0. The molecule has 1 saturated heterocycles. The van der Waals surface area contributed by atoms with Gasteiger partial charge in [0, 0.05) is 26.2 Å². The molecule has 4 aliphatic rings. The fraction of sp³-hybridized carbons (Fsp3) is 0.733. The second-order valence-electron chi connectivity index (χ2n) is 6.45. The molecule has 0 radical (unpaired) electrons. The molecule has 6 heteroatoms. The van der Waals surface area contributed by atoms with Crippen molar-refractivity contribution in [3.05, 3.63) is 12.2 Å². The summed E-state index contributed by atoms with van der Waals surface area (Å²) < 4.78 is 0. The van der Waals surface area contributed by atoms with Gasteiger partial charge in [0.2, 0.25) is 5.91 Å². The molecule has 116 valence electrons. The summed E-state index contributed by atoms with van der Waals surface area (Å²) in [6, 6.07) is 0. The zero-order valence-electron chi connectivity index (χ0n) is 12.4. The van der Waals surface area contributed by atoms with Crippen LogP contribution in [0.4, 0.5) is 0 Å². The molecular weight excluding hydrogens is 270 g/mol. The summed E-state index contributed by atoms with van der Waals surface area (Å²) in [6.07, 6.45) is 5.84. The summed E-state index contributed by atoms with van der Waals surface area (Å²) in [5.74, 6) is -1.87. The van der Waals surface area contributed by atoms with E-state index in [1.165, 1.54) is 0 Å². The van der Waals surface area contributed by atoms with Gasteiger partial charge in [0.15, 0.2) is 0 Å². The molecule has 1 aliphatic heterocycles. The molecule has 4 rings (SSSR count). The molecular formula is C15H23N3O3. The second kappa shape index (κ2) is 5.77. The minimum absolute atomic E-state index is 0.00994. The first kappa shape index (κ1) is 14.5. The number of aliphatic carboxylic acids is 1. The maximum Gasteiger partial charge on any atom is 0.307 e. The number of hydrogen-bond donors (Lipinski definition) is 2. The highest BCUT2D eigenvalue weighted by Gasteiger charge is 2.48. The fourth-order valence-corrected chi connectivity index (χ4v) is 3.84. The van der Waals surface area contributed by atoms with Crippen LogP contribution in [0.3, 0.4) is 0 Å². The number of hydrazine groups is 1. The van der Waals surface area contributed by atoms with Crippen molar-refractivity contribution in [2.75, 3.05) is 33.2 Å². The smallest absolute Gasteiger partial charge is 0.307 e. The van der Waals surface area contributed by atoms with Crippen molar-refractivity contribution in [1.29, 1.82) is 0 Å². The third-order valence-corrected chi connectivity index (χ3v) is 5.11. The van der Waals surface area contributed by atoms with Gasteiger partial charge in [-0.15, -0.1) is 0 Å². The monoisotopic (exact) mass is 293 g/mol. The van der Waals surface area contributed by atoms with Crippen LogP contribution in [-0.4, -0.2) is 60.1 Å². The highest BCUT2D eigenvalue weighted by atomic mass is 16.4. The largest absolute Gasteiger partial charge is 0.481 e. The predicted octanol–water partition coefficient (Wildman–Crippen LogP) is 0.178. The first-order chi connectivity index (χ1) is 10.1. The fourth-order valence-electron chi connectivity index (χ4n) is 3.84. The SMILES string of the molecule is CN1CCN(NC(=O)C2C3C=CC(CC3)C2C(=O)O)CC1. The van der Waals surface area contributed by atoms with Crippen LogP contribution in [0.15, 0.2) is 12.2 Å². The van der Waals surface area contributed by atoms with Crippen molar-refractivity contribution >= 4 is 11.9 Å². The molecule has 2 bridgehead atoms. The summed E-state index contributed by atoms with van der Waals surface area (Å²) in [6.45, 7) is 3.41. The maximum atomic E-state index is 12.6. The first-order valence-electron chi connectivity index (χ1n) is 7.71. The van der Waals surface area contributed by atoms with E-state index in [4.69, 9.17) is 0 Å². The Bertz CT molecular complexity index is 457. The lowest BCUT2D eigenvalue weighted by molar-refractivity contribution is -0.154. The van der Waals surface area contributed by atoms with Crippen molar-refractivity contribution < 1.29 is 14.7 Å². The van der Waals surface area contributed by atoms with Crippen molar-refractivity contribution in [3.63, 3.8) is 0 Å². The quantitative estimate of drug-likeness (QED) is 0.726. The standard InChI is InChI=1S/C15H23N3O3/c1-17-6-8-18(9-7-17)16-14(19)12-10-2-4-11(5-3-10)13(12)15(20)21/h2,4,10-13H,3,5-9H2,1H3,(H,16,19)(H,20,21). The lowest BCUT2D eigenvalue weighted by Crippen LogP contribution is -2.57. The number of fused-ring (bicyclic) bond motifs is 2. The topological polar surface area (TPSA) is 72.9 Å². The minimum Gasteiger partial charge on any atom is -0.481 e. The zero-order chi connectivity index (χ0) is 15.0. The van der Waals surface area contributed by atoms with E-state index in [2.05, 4.69) is 17.4 Å². The van der Waals surface area contributed by atoms with Gasteiger partial charge in [-0.1, -0.05) is 12.2 Å². The van der Waals surface area contributed by atoms with Crippen LogP contribution in [-0.2, 0) is 9.59 Å². The van der Waals surface area contributed by atoms with Crippen LogP contribution in [0.5, 0.6) is 0 Å². The zero-order valence-corrected chi connectivity index (χ0v) is 12.4. The van der Waals surface area contributed by atoms with E-state index in [-0.39, 0.29) is 17.7 Å². The van der Waals surface area contributed by atoms with Crippen LogP contribution < -0.4 is 5.43 Å². The van der Waals surface area contributed by atoms with Crippen molar-refractivity contribution in [2.45, 2.75) is 12.8 Å². The number of hydrogen-bond acceptors (Lipinski definition) is 4. The van der Waals surface area contributed by atoms with Gasteiger partial charge in [0.05, 0.1) is 11.8 Å². The Labute approximate surface area is 124 Å².